The van der Waals surface area contributed by atoms with Crippen LogP contribution in [0.4, 0.5) is 0 Å². The average Bonchev–Trinajstić information content (AvgIpc) is 2.19. The second-order valence-electron chi connectivity index (χ2n) is 3.77. The monoisotopic (exact) mass is 329 g/mol. The van der Waals surface area contributed by atoms with Gasteiger partial charge in [0.2, 0.25) is 0 Å². The van der Waals surface area contributed by atoms with Gasteiger partial charge in [0.15, 0.2) is 6.79 Å². The van der Waals surface area contributed by atoms with Crippen LogP contribution in [0.25, 0.3) is 0 Å². The van der Waals surface area contributed by atoms with Gasteiger partial charge in [-0.25, -0.2) is 5.09 Å². The first-order chi connectivity index (χ1) is 8.30. The number of hydrogen-bond acceptors (Lipinski definition) is 3. The second kappa shape index (κ2) is 7.06. The zero-order valence-electron chi connectivity index (χ0n) is 9.89. The summed E-state index contributed by atoms with van der Waals surface area (Å²) >= 11 is 16.5. The summed E-state index contributed by atoms with van der Waals surface area (Å²) in [7, 11) is 0. The Morgan fingerprint density at radius 3 is 2.67 bits per heavy atom. The van der Waals surface area contributed by atoms with Crippen LogP contribution in [-0.4, -0.2) is 17.7 Å². The number of benzene rings is 1. The van der Waals surface area contributed by atoms with E-state index < -0.39 is 6.64 Å². The molecule has 1 aromatic rings. The molecule has 0 heterocycles. The van der Waals surface area contributed by atoms with E-state index >= 15 is 0 Å². The third kappa shape index (κ3) is 5.85. The van der Waals surface area contributed by atoms with E-state index in [1.807, 2.05) is 13.8 Å². The van der Waals surface area contributed by atoms with E-state index in [4.69, 9.17) is 44.3 Å². The summed E-state index contributed by atoms with van der Waals surface area (Å²) in [4.78, 5) is 9.73. The van der Waals surface area contributed by atoms with Crippen molar-refractivity contribution in [2.75, 3.05) is 6.79 Å². The molecule has 0 fully saturated rings. The fraction of sp³-hybridized carbons (Fsp3) is 0.400. The molecule has 0 bridgehead atoms. The Morgan fingerprint density at radius 1 is 1.44 bits per heavy atom. The second-order valence-corrected chi connectivity index (χ2v) is 7.66. The highest BCUT2D eigenvalue weighted by molar-refractivity contribution is 8.08. The van der Waals surface area contributed by atoms with Crippen molar-refractivity contribution in [1.29, 1.82) is 0 Å². The molecule has 102 valence electrons. The van der Waals surface area contributed by atoms with Gasteiger partial charge in [-0.3, -0.25) is 4.52 Å². The van der Waals surface area contributed by atoms with Gasteiger partial charge in [0.1, 0.15) is 5.75 Å². The summed E-state index contributed by atoms with van der Waals surface area (Å²) in [6, 6.07) is 4.84. The van der Waals surface area contributed by atoms with Crippen molar-refractivity contribution in [3.8, 4) is 5.75 Å². The zero-order valence-corrected chi connectivity index (χ0v) is 13.1. The van der Waals surface area contributed by atoms with Gasteiger partial charge in [-0.05, 0) is 43.9 Å². The van der Waals surface area contributed by atoms with Gasteiger partial charge < -0.3 is 9.63 Å². The number of ether oxygens (including phenoxy) is 1. The summed E-state index contributed by atoms with van der Waals surface area (Å²) in [6.45, 7) is 0.511. The normalized spacial score (nSPS) is 14.6. The van der Waals surface area contributed by atoms with Crippen molar-refractivity contribution in [2.24, 2.45) is 0 Å². The summed E-state index contributed by atoms with van der Waals surface area (Å²) in [5.41, 5.74) is 0. The van der Waals surface area contributed by atoms with Crippen LogP contribution in [0.2, 0.25) is 10.0 Å². The summed E-state index contributed by atoms with van der Waals surface area (Å²) in [5.74, 6) is 0.417. The molecule has 1 atom stereocenters. The minimum absolute atomic E-state index is 0.0277. The largest absolute Gasteiger partial charge is 0.466 e. The van der Waals surface area contributed by atoms with E-state index in [-0.39, 0.29) is 12.8 Å². The quantitative estimate of drug-likeness (QED) is 0.617. The Labute approximate surface area is 121 Å². The van der Waals surface area contributed by atoms with Crippen LogP contribution >= 0.6 is 29.8 Å². The van der Waals surface area contributed by atoms with Crippen LogP contribution in [0.1, 0.15) is 13.8 Å². The molecule has 0 spiro atoms. The van der Waals surface area contributed by atoms with Crippen molar-refractivity contribution in [2.45, 2.75) is 19.9 Å². The van der Waals surface area contributed by atoms with Crippen LogP contribution in [0, 0.1) is 0 Å². The SMILES string of the molecule is CC(C)NP(O)(=S)OCOc1ccc(Cl)cc1Cl. The molecule has 18 heavy (non-hydrogen) atoms. The number of nitrogens with one attached hydrogen (secondary N) is 1. The van der Waals surface area contributed by atoms with E-state index in [9.17, 15) is 4.89 Å². The highest BCUT2D eigenvalue weighted by Crippen LogP contribution is 2.38. The van der Waals surface area contributed by atoms with Gasteiger partial charge in [-0.15, -0.1) is 0 Å². The summed E-state index contributed by atoms with van der Waals surface area (Å²) < 4.78 is 10.3. The molecule has 0 aliphatic heterocycles. The molecule has 1 unspecified atom stereocenters. The third-order valence-electron chi connectivity index (χ3n) is 1.76. The van der Waals surface area contributed by atoms with Crippen LogP contribution in [0.3, 0.4) is 0 Å². The molecule has 1 aromatic carbocycles. The molecular formula is C10H14Cl2NO3PS. The van der Waals surface area contributed by atoms with Gasteiger partial charge in [-0.1, -0.05) is 23.2 Å². The Bertz CT molecular complexity index is 459. The molecule has 0 saturated carbocycles. The summed E-state index contributed by atoms with van der Waals surface area (Å²) in [6.07, 6.45) is 0. The maximum atomic E-state index is 9.73. The van der Waals surface area contributed by atoms with Crippen molar-refractivity contribution >= 4 is 41.7 Å². The topological polar surface area (TPSA) is 50.7 Å². The van der Waals surface area contributed by atoms with Gasteiger partial charge in [-0.2, -0.15) is 0 Å². The lowest BCUT2D eigenvalue weighted by atomic mass is 10.3. The molecule has 4 nitrogen and oxygen atoms in total. The lowest BCUT2D eigenvalue weighted by Gasteiger charge is -2.19. The average molecular weight is 330 g/mol. The molecule has 0 saturated heterocycles. The van der Waals surface area contributed by atoms with Crippen molar-refractivity contribution in [3.05, 3.63) is 28.2 Å². The van der Waals surface area contributed by atoms with Crippen molar-refractivity contribution in [1.82, 2.24) is 5.09 Å². The maximum Gasteiger partial charge on any atom is 0.261 e. The predicted molar refractivity (Wildman–Crippen MR) is 77.8 cm³/mol. The van der Waals surface area contributed by atoms with Gasteiger partial charge in [0.25, 0.3) is 6.64 Å². The number of rotatable bonds is 6. The van der Waals surface area contributed by atoms with Crippen LogP contribution < -0.4 is 9.82 Å². The first-order valence-corrected chi connectivity index (χ1v) is 8.56. The van der Waals surface area contributed by atoms with E-state index in [2.05, 4.69) is 5.09 Å². The Morgan fingerprint density at radius 2 is 2.11 bits per heavy atom. The van der Waals surface area contributed by atoms with Crippen LogP contribution in [0.15, 0.2) is 18.2 Å². The molecule has 0 aliphatic rings. The van der Waals surface area contributed by atoms with Gasteiger partial charge >= 0.3 is 0 Å². The van der Waals surface area contributed by atoms with Gasteiger partial charge in [0.05, 0.1) is 5.02 Å². The molecular weight excluding hydrogens is 316 g/mol. The standard InChI is InChI=1S/C10H14Cl2NO3PS/c1-7(2)13-17(14,18)16-6-15-10-4-3-8(11)5-9(10)12/h3-5,7H,6H2,1-2H3,(H2,13,14,18). The molecule has 8 heteroatoms. The molecule has 0 radical (unpaired) electrons. The first kappa shape index (κ1) is 16.2. The van der Waals surface area contributed by atoms with E-state index in [0.29, 0.717) is 15.8 Å². The van der Waals surface area contributed by atoms with Gasteiger partial charge in [0, 0.05) is 11.1 Å². The van der Waals surface area contributed by atoms with Crippen molar-refractivity contribution in [3.63, 3.8) is 0 Å². The third-order valence-corrected chi connectivity index (χ3v) is 4.22. The Balaban J connectivity index is 2.49. The molecule has 2 N–H and O–H groups in total. The molecule has 1 rings (SSSR count). The first-order valence-electron chi connectivity index (χ1n) is 5.13. The molecule has 0 aromatic heterocycles. The maximum absolute atomic E-state index is 9.73. The smallest absolute Gasteiger partial charge is 0.261 e. The highest BCUT2D eigenvalue weighted by Gasteiger charge is 2.15. The van der Waals surface area contributed by atoms with Crippen molar-refractivity contribution < 1.29 is 14.2 Å². The van der Waals surface area contributed by atoms with E-state index in [0.717, 1.165) is 0 Å². The van der Waals surface area contributed by atoms with E-state index in [1.165, 1.54) is 0 Å². The predicted octanol–water partition coefficient (Wildman–Crippen LogP) is 3.56. The fourth-order valence-corrected chi connectivity index (χ4v) is 3.26. The minimum atomic E-state index is -3.02. The minimum Gasteiger partial charge on any atom is -0.466 e. The van der Waals surface area contributed by atoms with Crippen LogP contribution in [0.5, 0.6) is 5.75 Å². The lowest BCUT2D eigenvalue weighted by molar-refractivity contribution is 0.117. The zero-order chi connectivity index (χ0) is 13.8. The van der Waals surface area contributed by atoms with E-state index in [1.54, 1.807) is 18.2 Å². The highest BCUT2D eigenvalue weighted by atomic mass is 35.5. The lowest BCUT2D eigenvalue weighted by Crippen LogP contribution is -2.21. The van der Waals surface area contributed by atoms with Crippen LogP contribution in [-0.2, 0) is 16.3 Å². The molecule has 0 amide bonds. The number of halogens is 2. The fourth-order valence-electron chi connectivity index (χ4n) is 1.12. The Kier molecular flexibility index (Phi) is 6.35. The molecule has 0 aliphatic carbocycles. The number of hydrogen-bond donors (Lipinski definition) is 2. The summed E-state index contributed by atoms with van der Waals surface area (Å²) in [5, 5.41) is 3.64. The Hall–Kier alpha value is 0.130.